The monoisotopic (exact) mass is 364 g/mol. The maximum atomic E-state index is 12.1. The number of primary amides is 1. The molecule has 1 aliphatic carbocycles. The number of aromatic hydroxyl groups is 1. The molecule has 6 heteroatoms. The van der Waals surface area contributed by atoms with Crippen LogP contribution in [0.25, 0.3) is 16.8 Å². The largest absolute Gasteiger partial charge is 0.508 e. The molecule has 3 aromatic rings. The molecule has 0 atom stereocenters. The minimum Gasteiger partial charge on any atom is -0.508 e. The van der Waals surface area contributed by atoms with Gasteiger partial charge in [0.2, 0.25) is 0 Å². The summed E-state index contributed by atoms with van der Waals surface area (Å²) in [4.78, 5) is 16.8. The maximum absolute atomic E-state index is 12.1. The molecule has 0 unspecified atom stereocenters. The van der Waals surface area contributed by atoms with Crippen LogP contribution in [0.15, 0.2) is 24.4 Å². The Morgan fingerprint density at radius 3 is 2.67 bits per heavy atom. The third-order valence-corrected chi connectivity index (χ3v) is 5.62. The first-order valence-corrected chi connectivity index (χ1v) is 9.45. The number of amides is 1. The van der Waals surface area contributed by atoms with E-state index in [1.165, 1.54) is 19.3 Å². The smallest absolute Gasteiger partial charge is 0.252 e. The molecule has 2 aromatic heterocycles. The van der Waals surface area contributed by atoms with Crippen LogP contribution in [0, 0.1) is 13.8 Å². The van der Waals surface area contributed by atoms with Gasteiger partial charge in [-0.15, -0.1) is 0 Å². The van der Waals surface area contributed by atoms with Gasteiger partial charge >= 0.3 is 0 Å². The third-order valence-electron chi connectivity index (χ3n) is 5.62. The van der Waals surface area contributed by atoms with Crippen molar-refractivity contribution in [2.45, 2.75) is 51.9 Å². The van der Waals surface area contributed by atoms with Crippen molar-refractivity contribution in [2.24, 2.45) is 5.73 Å². The third kappa shape index (κ3) is 3.05. The lowest BCUT2D eigenvalue weighted by molar-refractivity contribution is 0.100. The van der Waals surface area contributed by atoms with Gasteiger partial charge < -0.3 is 10.8 Å². The number of aryl methyl sites for hydroxylation is 1. The summed E-state index contributed by atoms with van der Waals surface area (Å²) in [5, 5.41) is 14.8. The van der Waals surface area contributed by atoms with Crippen LogP contribution in [0.1, 0.15) is 65.3 Å². The lowest BCUT2D eigenvalue weighted by Crippen LogP contribution is -2.13. The molecule has 0 bridgehead atoms. The van der Waals surface area contributed by atoms with Crippen LogP contribution in [0.2, 0.25) is 0 Å². The molecular formula is C21H24N4O2. The fraction of sp³-hybridized carbons (Fsp3) is 0.381. The second-order valence-corrected chi connectivity index (χ2v) is 7.48. The van der Waals surface area contributed by atoms with Crippen LogP contribution in [0.5, 0.6) is 5.75 Å². The van der Waals surface area contributed by atoms with Crippen LogP contribution >= 0.6 is 0 Å². The summed E-state index contributed by atoms with van der Waals surface area (Å²) in [5.41, 5.74) is 9.95. The average Bonchev–Trinajstić information content (AvgIpc) is 3.09. The Kier molecular flexibility index (Phi) is 4.34. The molecule has 0 aliphatic heterocycles. The van der Waals surface area contributed by atoms with E-state index in [4.69, 9.17) is 5.73 Å². The Hall–Kier alpha value is -2.89. The zero-order valence-electron chi connectivity index (χ0n) is 15.7. The molecular weight excluding hydrogens is 340 g/mol. The molecule has 4 rings (SSSR count). The molecule has 140 valence electrons. The summed E-state index contributed by atoms with van der Waals surface area (Å²) < 4.78 is 1.67. The highest BCUT2D eigenvalue weighted by molar-refractivity contribution is 6.00. The normalized spacial score (nSPS) is 15.3. The van der Waals surface area contributed by atoms with E-state index in [1.807, 2.05) is 26.1 Å². The number of hydrogen-bond donors (Lipinski definition) is 2. The average molecular weight is 364 g/mol. The molecule has 1 saturated carbocycles. The highest BCUT2D eigenvalue weighted by Gasteiger charge is 2.23. The number of nitrogens with two attached hydrogens (primary N) is 1. The molecule has 27 heavy (non-hydrogen) atoms. The predicted molar refractivity (Wildman–Crippen MR) is 104 cm³/mol. The first-order chi connectivity index (χ1) is 13.0. The van der Waals surface area contributed by atoms with Crippen molar-refractivity contribution in [1.29, 1.82) is 0 Å². The van der Waals surface area contributed by atoms with Crippen molar-refractivity contribution in [3.05, 3.63) is 46.9 Å². The molecule has 3 N–H and O–H groups in total. The van der Waals surface area contributed by atoms with Crippen molar-refractivity contribution in [1.82, 2.24) is 14.6 Å². The standard InChI is InChI=1S/C21H24N4O2/c1-12-8-9-17(26)13(2)18(12)15-10-16(19(22)27)21-23-20(24-25(21)11-15)14-6-4-3-5-7-14/h8-11,14,26H,3-7H2,1-2H3,(H2,22,27). The number of phenolic OH excluding ortho intramolecular Hbond substituents is 1. The zero-order valence-corrected chi connectivity index (χ0v) is 15.7. The molecule has 1 aliphatic rings. The summed E-state index contributed by atoms with van der Waals surface area (Å²) >= 11 is 0. The molecule has 1 aromatic carbocycles. The predicted octanol–water partition coefficient (Wildman–Crippen LogP) is 3.87. The van der Waals surface area contributed by atoms with Gasteiger partial charge in [-0.25, -0.2) is 9.50 Å². The number of aromatic nitrogens is 3. The van der Waals surface area contributed by atoms with Crippen LogP contribution in [0.4, 0.5) is 0 Å². The Morgan fingerprint density at radius 1 is 1.22 bits per heavy atom. The van der Waals surface area contributed by atoms with Crippen molar-refractivity contribution in [3.63, 3.8) is 0 Å². The van der Waals surface area contributed by atoms with Gasteiger partial charge in [0.15, 0.2) is 11.5 Å². The lowest BCUT2D eigenvalue weighted by Gasteiger charge is -2.17. The first-order valence-electron chi connectivity index (χ1n) is 9.45. The van der Waals surface area contributed by atoms with E-state index in [0.717, 1.165) is 40.9 Å². The molecule has 0 radical (unpaired) electrons. The second-order valence-electron chi connectivity index (χ2n) is 7.48. The molecule has 2 heterocycles. The highest BCUT2D eigenvalue weighted by atomic mass is 16.3. The van der Waals surface area contributed by atoms with Crippen LogP contribution < -0.4 is 5.73 Å². The second kappa shape index (κ2) is 6.68. The van der Waals surface area contributed by atoms with Crippen molar-refractivity contribution in [3.8, 4) is 16.9 Å². The fourth-order valence-corrected chi connectivity index (χ4v) is 4.13. The summed E-state index contributed by atoms with van der Waals surface area (Å²) in [6.07, 6.45) is 7.68. The Balaban J connectivity index is 1.91. The Morgan fingerprint density at radius 2 is 1.96 bits per heavy atom. The van der Waals surface area contributed by atoms with E-state index in [0.29, 0.717) is 17.1 Å². The Labute approximate surface area is 158 Å². The van der Waals surface area contributed by atoms with Gasteiger partial charge in [0, 0.05) is 17.7 Å². The minimum absolute atomic E-state index is 0.220. The van der Waals surface area contributed by atoms with Crippen molar-refractivity contribution in [2.75, 3.05) is 0 Å². The van der Waals surface area contributed by atoms with E-state index in [2.05, 4.69) is 10.1 Å². The summed E-state index contributed by atoms with van der Waals surface area (Å²) in [6, 6.07) is 5.30. The van der Waals surface area contributed by atoms with Crippen LogP contribution in [0.3, 0.4) is 0 Å². The van der Waals surface area contributed by atoms with Crippen molar-refractivity contribution < 1.29 is 9.90 Å². The fourth-order valence-electron chi connectivity index (χ4n) is 4.13. The lowest BCUT2D eigenvalue weighted by atomic mass is 9.89. The number of rotatable bonds is 3. The van der Waals surface area contributed by atoms with E-state index < -0.39 is 5.91 Å². The van der Waals surface area contributed by atoms with Gasteiger partial charge in [-0.2, -0.15) is 5.10 Å². The number of carbonyl (C=O) groups is 1. The topological polar surface area (TPSA) is 93.5 Å². The summed E-state index contributed by atoms with van der Waals surface area (Å²) in [7, 11) is 0. The SMILES string of the molecule is Cc1ccc(O)c(C)c1-c1cc(C(N)=O)c2nc(C3CCCCC3)nn2c1. The van der Waals surface area contributed by atoms with Gasteiger partial charge in [-0.3, -0.25) is 4.79 Å². The van der Waals surface area contributed by atoms with E-state index in [-0.39, 0.29) is 5.75 Å². The van der Waals surface area contributed by atoms with Gasteiger partial charge in [0.05, 0.1) is 5.56 Å². The zero-order chi connectivity index (χ0) is 19.1. The maximum Gasteiger partial charge on any atom is 0.252 e. The number of phenols is 1. The molecule has 1 fully saturated rings. The van der Waals surface area contributed by atoms with Gasteiger partial charge in [-0.05, 0) is 55.5 Å². The van der Waals surface area contributed by atoms with E-state index in [1.54, 1.807) is 16.6 Å². The van der Waals surface area contributed by atoms with Crippen LogP contribution in [-0.2, 0) is 0 Å². The first kappa shape index (κ1) is 17.5. The van der Waals surface area contributed by atoms with Gasteiger partial charge in [-0.1, -0.05) is 25.3 Å². The van der Waals surface area contributed by atoms with Gasteiger partial charge in [0.25, 0.3) is 5.91 Å². The minimum atomic E-state index is -0.528. The number of nitrogens with zero attached hydrogens (tertiary/aromatic N) is 3. The molecule has 1 amide bonds. The van der Waals surface area contributed by atoms with Crippen LogP contribution in [-0.4, -0.2) is 25.6 Å². The number of pyridine rings is 1. The van der Waals surface area contributed by atoms with Crippen molar-refractivity contribution >= 4 is 11.6 Å². The quantitative estimate of drug-likeness (QED) is 0.738. The molecule has 6 nitrogen and oxygen atoms in total. The summed E-state index contributed by atoms with van der Waals surface area (Å²) in [5.74, 6) is 0.823. The molecule has 0 saturated heterocycles. The number of carbonyl (C=O) groups excluding carboxylic acids is 1. The molecule has 0 spiro atoms. The highest BCUT2D eigenvalue weighted by Crippen LogP contribution is 2.35. The summed E-state index contributed by atoms with van der Waals surface area (Å²) in [6.45, 7) is 3.84. The van der Waals surface area contributed by atoms with Gasteiger partial charge in [0.1, 0.15) is 5.75 Å². The number of fused-ring (bicyclic) bond motifs is 1. The van der Waals surface area contributed by atoms with E-state index in [9.17, 15) is 9.90 Å². The number of hydrogen-bond acceptors (Lipinski definition) is 4. The van der Waals surface area contributed by atoms with E-state index >= 15 is 0 Å². The Bertz CT molecular complexity index is 1030. The number of benzene rings is 1.